The summed E-state index contributed by atoms with van der Waals surface area (Å²) in [5.74, 6) is -0.166. The smallest absolute Gasteiger partial charge is 0.245 e. The topological polar surface area (TPSA) is 73.6 Å². The van der Waals surface area contributed by atoms with Crippen LogP contribution < -0.4 is 11.1 Å². The van der Waals surface area contributed by atoms with E-state index in [4.69, 9.17) is 15.2 Å². The lowest BCUT2D eigenvalue weighted by Gasteiger charge is -2.57. The first-order valence-corrected chi connectivity index (χ1v) is 10.3. The second-order valence-corrected chi connectivity index (χ2v) is 8.28. The van der Waals surface area contributed by atoms with Crippen LogP contribution in [0.25, 0.3) is 0 Å². The first-order chi connectivity index (χ1) is 13.9. The maximum absolute atomic E-state index is 12.9. The van der Waals surface area contributed by atoms with E-state index in [0.29, 0.717) is 26.2 Å². The Labute approximate surface area is 173 Å². The number of hydrogen-bond donors (Lipinski definition) is 2. The molecule has 1 amide bonds. The summed E-state index contributed by atoms with van der Waals surface area (Å²) >= 11 is 0. The zero-order chi connectivity index (χ0) is 20.9. The first-order valence-electron chi connectivity index (χ1n) is 10.3. The molecule has 5 nitrogen and oxygen atoms in total. The normalized spacial score (nSPS) is 22.7. The minimum atomic E-state index is -0.935. The van der Waals surface area contributed by atoms with Crippen molar-refractivity contribution in [2.75, 3.05) is 18.5 Å². The Morgan fingerprint density at radius 2 is 1.86 bits per heavy atom. The molecule has 1 fully saturated rings. The fourth-order valence-corrected chi connectivity index (χ4v) is 3.83. The van der Waals surface area contributed by atoms with Gasteiger partial charge in [0.05, 0.1) is 19.3 Å². The Morgan fingerprint density at radius 1 is 1.14 bits per heavy atom. The van der Waals surface area contributed by atoms with Crippen LogP contribution in [0.15, 0.2) is 54.6 Å². The van der Waals surface area contributed by atoms with Gasteiger partial charge < -0.3 is 20.5 Å². The van der Waals surface area contributed by atoms with Gasteiger partial charge in [-0.05, 0) is 36.6 Å². The van der Waals surface area contributed by atoms with Crippen LogP contribution in [0.2, 0.25) is 0 Å². The number of benzene rings is 2. The number of carbonyl (C=O) groups is 1. The molecule has 0 aromatic heterocycles. The molecule has 156 valence electrons. The van der Waals surface area contributed by atoms with E-state index in [1.54, 1.807) is 0 Å². The van der Waals surface area contributed by atoms with E-state index in [-0.39, 0.29) is 12.0 Å². The number of rotatable bonds is 9. The molecule has 0 bridgehead atoms. The van der Waals surface area contributed by atoms with Gasteiger partial charge in [0.1, 0.15) is 5.54 Å². The lowest BCUT2D eigenvalue weighted by Crippen LogP contribution is -2.74. The third-order valence-corrected chi connectivity index (χ3v) is 6.07. The number of anilines is 1. The second kappa shape index (κ2) is 9.08. The van der Waals surface area contributed by atoms with Gasteiger partial charge in [-0.2, -0.15) is 0 Å². The van der Waals surface area contributed by atoms with Crippen LogP contribution in [-0.2, 0) is 27.3 Å². The predicted octanol–water partition coefficient (Wildman–Crippen LogP) is 3.92. The first kappa shape index (κ1) is 21.5. The van der Waals surface area contributed by atoms with Crippen LogP contribution in [0.1, 0.15) is 38.3 Å². The molecule has 0 radical (unpaired) electrons. The van der Waals surface area contributed by atoms with Crippen LogP contribution in [-0.4, -0.2) is 30.8 Å². The van der Waals surface area contributed by atoms with Gasteiger partial charge in [0, 0.05) is 24.1 Å². The molecule has 0 heterocycles. The SMILES string of the molecule is CCOC1CC(N)(C(=O)Nc2cccc(COCCc3ccccc3)c2)C1(C)C. The number of amides is 1. The minimum absolute atomic E-state index is 0.00704. The van der Waals surface area contributed by atoms with Gasteiger partial charge in [-0.15, -0.1) is 0 Å². The molecule has 0 spiro atoms. The molecule has 0 saturated heterocycles. The van der Waals surface area contributed by atoms with E-state index < -0.39 is 11.0 Å². The highest BCUT2D eigenvalue weighted by Gasteiger charge is 2.62. The van der Waals surface area contributed by atoms with Gasteiger partial charge >= 0.3 is 0 Å². The fourth-order valence-electron chi connectivity index (χ4n) is 3.83. The van der Waals surface area contributed by atoms with Crippen molar-refractivity contribution in [2.45, 2.75) is 51.9 Å². The monoisotopic (exact) mass is 396 g/mol. The third-order valence-electron chi connectivity index (χ3n) is 6.07. The quantitative estimate of drug-likeness (QED) is 0.630. The van der Waals surface area contributed by atoms with Crippen LogP contribution in [0.3, 0.4) is 0 Å². The number of nitrogens with two attached hydrogens (primary N) is 1. The van der Waals surface area contributed by atoms with Crippen molar-refractivity contribution in [1.29, 1.82) is 0 Å². The van der Waals surface area contributed by atoms with Crippen molar-refractivity contribution in [1.82, 2.24) is 0 Å². The number of hydrogen-bond acceptors (Lipinski definition) is 4. The van der Waals surface area contributed by atoms with Crippen molar-refractivity contribution in [3.05, 3.63) is 65.7 Å². The van der Waals surface area contributed by atoms with Gasteiger partial charge in [-0.1, -0.05) is 56.3 Å². The fraction of sp³-hybridized carbons (Fsp3) is 0.458. The van der Waals surface area contributed by atoms with Crippen LogP contribution in [0.4, 0.5) is 5.69 Å². The van der Waals surface area contributed by atoms with Crippen molar-refractivity contribution in [3.8, 4) is 0 Å². The summed E-state index contributed by atoms with van der Waals surface area (Å²) in [6, 6.07) is 18.0. The summed E-state index contributed by atoms with van der Waals surface area (Å²) in [6.07, 6.45) is 1.41. The highest BCUT2D eigenvalue weighted by Crippen LogP contribution is 2.50. The lowest BCUT2D eigenvalue weighted by atomic mass is 9.54. The number of ether oxygens (including phenoxy) is 2. The summed E-state index contributed by atoms with van der Waals surface area (Å²) in [4.78, 5) is 12.9. The van der Waals surface area contributed by atoms with Gasteiger partial charge in [0.2, 0.25) is 5.91 Å². The Hall–Kier alpha value is -2.21. The van der Waals surface area contributed by atoms with Gasteiger partial charge in [0.25, 0.3) is 0 Å². The zero-order valence-corrected chi connectivity index (χ0v) is 17.6. The van der Waals surface area contributed by atoms with Crippen LogP contribution in [0.5, 0.6) is 0 Å². The number of carbonyl (C=O) groups excluding carboxylic acids is 1. The third kappa shape index (κ3) is 4.69. The van der Waals surface area contributed by atoms with Gasteiger partial charge in [-0.25, -0.2) is 0 Å². The summed E-state index contributed by atoms with van der Waals surface area (Å²) in [5.41, 5.74) is 8.13. The summed E-state index contributed by atoms with van der Waals surface area (Å²) in [5, 5.41) is 2.98. The molecule has 1 aliphatic rings. The van der Waals surface area contributed by atoms with E-state index in [1.807, 2.05) is 63.2 Å². The molecule has 2 atom stereocenters. The lowest BCUT2D eigenvalue weighted by molar-refractivity contribution is -0.166. The van der Waals surface area contributed by atoms with E-state index in [0.717, 1.165) is 17.7 Å². The highest BCUT2D eigenvalue weighted by molar-refractivity contribution is 5.99. The Balaban J connectivity index is 1.52. The van der Waals surface area contributed by atoms with E-state index in [2.05, 4.69) is 17.4 Å². The average molecular weight is 397 g/mol. The molecule has 3 N–H and O–H groups in total. The van der Waals surface area contributed by atoms with E-state index >= 15 is 0 Å². The molecule has 3 rings (SSSR count). The van der Waals surface area contributed by atoms with Gasteiger partial charge in [0.15, 0.2) is 0 Å². The summed E-state index contributed by atoms with van der Waals surface area (Å²) < 4.78 is 11.5. The van der Waals surface area contributed by atoms with Crippen molar-refractivity contribution < 1.29 is 14.3 Å². The van der Waals surface area contributed by atoms with Crippen molar-refractivity contribution in [3.63, 3.8) is 0 Å². The van der Waals surface area contributed by atoms with Crippen molar-refractivity contribution >= 4 is 11.6 Å². The molecule has 1 saturated carbocycles. The van der Waals surface area contributed by atoms with Crippen LogP contribution >= 0.6 is 0 Å². The maximum Gasteiger partial charge on any atom is 0.245 e. The Bertz CT molecular complexity index is 822. The van der Waals surface area contributed by atoms with Gasteiger partial charge in [-0.3, -0.25) is 4.79 Å². The van der Waals surface area contributed by atoms with E-state index in [1.165, 1.54) is 5.56 Å². The van der Waals surface area contributed by atoms with Crippen molar-refractivity contribution in [2.24, 2.45) is 11.1 Å². The highest BCUT2D eigenvalue weighted by atomic mass is 16.5. The summed E-state index contributed by atoms with van der Waals surface area (Å²) in [7, 11) is 0. The molecule has 2 aromatic carbocycles. The molecule has 0 aliphatic heterocycles. The Kier molecular flexibility index (Phi) is 6.73. The zero-order valence-electron chi connectivity index (χ0n) is 17.6. The summed E-state index contributed by atoms with van der Waals surface area (Å²) in [6.45, 7) is 7.72. The van der Waals surface area contributed by atoms with E-state index in [9.17, 15) is 4.79 Å². The largest absolute Gasteiger partial charge is 0.378 e. The molecule has 2 aromatic rings. The minimum Gasteiger partial charge on any atom is -0.378 e. The molecular weight excluding hydrogens is 364 g/mol. The molecule has 29 heavy (non-hydrogen) atoms. The standard InChI is InChI=1S/C24H32N2O3/c1-4-29-21-16-24(25,23(21,2)3)22(27)26-20-12-8-11-19(15-20)17-28-14-13-18-9-6-5-7-10-18/h5-12,15,21H,4,13-14,16-17,25H2,1-3H3,(H,26,27). The predicted molar refractivity (Wildman–Crippen MR) is 116 cm³/mol. The Morgan fingerprint density at radius 3 is 2.55 bits per heavy atom. The average Bonchev–Trinajstić information content (AvgIpc) is 2.72. The molecule has 1 aliphatic carbocycles. The number of nitrogens with one attached hydrogen (secondary N) is 1. The molecular formula is C24H32N2O3. The molecule has 5 heteroatoms. The van der Waals surface area contributed by atoms with Crippen LogP contribution in [0, 0.1) is 5.41 Å². The second-order valence-electron chi connectivity index (χ2n) is 8.28. The molecule has 2 unspecified atom stereocenters. The maximum atomic E-state index is 12.9.